The normalized spacial score (nSPS) is 15.6. The maximum atomic E-state index is 12.4. The molecule has 1 amide bonds. The first-order valence-electron chi connectivity index (χ1n) is 7.87. The maximum Gasteiger partial charge on any atom is 0.226 e. The lowest BCUT2D eigenvalue weighted by molar-refractivity contribution is -0.131. The van der Waals surface area contributed by atoms with Gasteiger partial charge in [-0.1, -0.05) is 17.3 Å². The summed E-state index contributed by atoms with van der Waals surface area (Å²) in [4.78, 5) is 14.4. The van der Waals surface area contributed by atoms with E-state index in [1.807, 2.05) is 29.2 Å². The van der Waals surface area contributed by atoms with Crippen LogP contribution in [-0.2, 0) is 17.6 Å². The van der Waals surface area contributed by atoms with Gasteiger partial charge in [-0.2, -0.15) is 5.21 Å². The van der Waals surface area contributed by atoms with Crippen LogP contribution in [0.5, 0.6) is 5.75 Å². The summed E-state index contributed by atoms with van der Waals surface area (Å²) in [5.74, 6) is 2.28. The Morgan fingerprint density at radius 2 is 2.04 bits per heavy atom. The SMILES string of the molecule is COc1ccc(CC(=O)N2CCC(Cc3nn[nH]n3)CC2)cc1. The zero-order valence-electron chi connectivity index (χ0n) is 13.2. The molecule has 1 saturated heterocycles. The highest BCUT2D eigenvalue weighted by Crippen LogP contribution is 2.21. The molecule has 7 heteroatoms. The van der Waals surface area contributed by atoms with Crippen molar-refractivity contribution < 1.29 is 9.53 Å². The van der Waals surface area contributed by atoms with Gasteiger partial charge in [-0.25, -0.2) is 0 Å². The number of aromatic amines is 1. The minimum Gasteiger partial charge on any atom is -0.497 e. The molecule has 0 unspecified atom stereocenters. The predicted octanol–water partition coefficient (Wildman–Crippen LogP) is 1.23. The molecule has 0 radical (unpaired) electrons. The van der Waals surface area contributed by atoms with E-state index in [2.05, 4.69) is 20.6 Å². The number of tetrazole rings is 1. The summed E-state index contributed by atoms with van der Waals surface area (Å²) in [5, 5.41) is 14.1. The lowest BCUT2D eigenvalue weighted by Crippen LogP contribution is -2.39. The third-order valence-electron chi connectivity index (χ3n) is 4.34. The number of nitrogens with one attached hydrogen (secondary N) is 1. The number of methoxy groups -OCH3 is 1. The number of amides is 1. The van der Waals surface area contributed by atoms with Crippen molar-refractivity contribution in [3.63, 3.8) is 0 Å². The van der Waals surface area contributed by atoms with Gasteiger partial charge < -0.3 is 9.64 Å². The van der Waals surface area contributed by atoms with Gasteiger partial charge in [0.05, 0.1) is 13.5 Å². The van der Waals surface area contributed by atoms with Crippen molar-refractivity contribution in [3.05, 3.63) is 35.7 Å². The molecule has 1 aliphatic rings. The van der Waals surface area contributed by atoms with E-state index in [1.165, 1.54) is 0 Å². The summed E-state index contributed by atoms with van der Waals surface area (Å²) in [7, 11) is 1.64. The second-order valence-electron chi connectivity index (χ2n) is 5.88. The molecule has 122 valence electrons. The fourth-order valence-corrected chi connectivity index (χ4v) is 2.94. The lowest BCUT2D eigenvalue weighted by atomic mass is 9.93. The number of benzene rings is 1. The van der Waals surface area contributed by atoms with Gasteiger partial charge in [-0.05, 0) is 36.5 Å². The fraction of sp³-hybridized carbons (Fsp3) is 0.500. The number of nitrogens with zero attached hydrogens (tertiary/aromatic N) is 4. The van der Waals surface area contributed by atoms with Crippen LogP contribution in [0.1, 0.15) is 24.2 Å². The van der Waals surface area contributed by atoms with Crippen LogP contribution in [0.3, 0.4) is 0 Å². The van der Waals surface area contributed by atoms with E-state index in [-0.39, 0.29) is 5.91 Å². The number of ether oxygens (including phenoxy) is 1. The fourth-order valence-electron chi connectivity index (χ4n) is 2.94. The van der Waals surface area contributed by atoms with Crippen molar-refractivity contribution >= 4 is 5.91 Å². The highest BCUT2D eigenvalue weighted by atomic mass is 16.5. The first kappa shape index (κ1) is 15.5. The van der Waals surface area contributed by atoms with Crippen LogP contribution in [-0.4, -0.2) is 51.6 Å². The molecular formula is C16H21N5O2. The van der Waals surface area contributed by atoms with Crippen LogP contribution in [0.4, 0.5) is 0 Å². The van der Waals surface area contributed by atoms with Crippen molar-refractivity contribution in [1.82, 2.24) is 25.5 Å². The largest absolute Gasteiger partial charge is 0.497 e. The second-order valence-corrected chi connectivity index (χ2v) is 5.88. The number of piperidine rings is 1. The number of carbonyl (C=O) groups is 1. The average Bonchev–Trinajstić information content (AvgIpc) is 3.09. The van der Waals surface area contributed by atoms with Crippen LogP contribution < -0.4 is 4.74 Å². The molecule has 1 N–H and O–H groups in total. The Morgan fingerprint density at radius 1 is 1.30 bits per heavy atom. The Hall–Kier alpha value is -2.44. The number of hydrogen-bond donors (Lipinski definition) is 1. The standard InChI is InChI=1S/C16H21N5O2/c1-23-14-4-2-12(3-5-14)11-16(22)21-8-6-13(7-9-21)10-15-17-19-20-18-15/h2-5,13H,6-11H2,1H3,(H,17,18,19,20). The Morgan fingerprint density at radius 3 is 2.65 bits per heavy atom. The monoisotopic (exact) mass is 315 g/mol. The van der Waals surface area contributed by atoms with Crippen LogP contribution in [0.2, 0.25) is 0 Å². The molecule has 1 aromatic heterocycles. The topological polar surface area (TPSA) is 84.0 Å². The zero-order chi connectivity index (χ0) is 16.1. The zero-order valence-corrected chi connectivity index (χ0v) is 13.2. The number of H-pyrrole nitrogens is 1. The van der Waals surface area contributed by atoms with E-state index < -0.39 is 0 Å². The van der Waals surface area contributed by atoms with Crippen LogP contribution in [0.25, 0.3) is 0 Å². The number of rotatable bonds is 5. The van der Waals surface area contributed by atoms with Gasteiger partial charge in [0.2, 0.25) is 5.91 Å². The van der Waals surface area contributed by atoms with E-state index in [0.717, 1.165) is 49.5 Å². The Bertz CT molecular complexity index is 618. The highest BCUT2D eigenvalue weighted by molar-refractivity contribution is 5.78. The molecule has 23 heavy (non-hydrogen) atoms. The van der Waals surface area contributed by atoms with Gasteiger partial charge in [-0.15, -0.1) is 10.2 Å². The summed E-state index contributed by atoms with van der Waals surface area (Å²) in [6.45, 7) is 1.61. The Kier molecular flexibility index (Phi) is 4.85. The Labute approximate surface area is 135 Å². The lowest BCUT2D eigenvalue weighted by Gasteiger charge is -2.31. The third kappa shape index (κ3) is 4.06. The molecule has 2 heterocycles. The van der Waals surface area contributed by atoms with Gasteiger partial charge >= 0.3 is 0 Å². The van der Waals surface area contributed by atoms with Gasteiger partial charge in [0.1, 0.15) is 5.75 Å². The molecule has 1 fully saturated rings. The molecule has 7 nitrogen and oxygen atoms in total. The smallest absolute Gasteiger partial charge is 0.226 e. The summed E-state index contributed by atoms with van der Waals surface area (Å²) in [5.41, 5.74) is 1.02. The molecule has 1 aliphatic heterocycles. The molecule has 0 atom stereocenters. The van der Waals surface area contributed by atoms with Gasteiger partial charge in [0, 0.05) is 19.5 Å². The number of carbonyl (C=O) groups excluding carboxylic acids is 1. The summed E-state index contributed by atoms with van der Waals surface area (Å²) in [6, 6.07) is 7.67. The van der Waals surface area contributed by atoms with Crippen molar-refractivity contribution in [2.24, 2.45) is 5.92 Å². The maximum absolute atomic E-state index is 12.4. The van der Waals surface area contributed by atoms with E-state index in [1.54, 1.807) is 7.11 Å². The average molecular weight is 315 g/mol. The minimum atomic E-state index is 0.188. The first-order chi connectivity index (χ1) is 11.2. The number of hydrogen-bond acceptors (Lipinski definition) is 5. The van der Waals surface area contributed by atoms with Crippen molar-refractivity contribution in [3.8, 4) is 5.75 Å². The third-order valence-corrected chi connectivity index (χ3v) is 4.34. The van der Waals surface area contributed by atoms with Gasteiger partial charge in [-0.3, -0.25) is 4.79 Å². The van der Waals surface area contributed by atoms with E-state index in [9.17, 15) is 4.79 Å². The summed E-state index contributed by atoms with van der Waals surface area (Å²) in [6.07, 6.45) is 3.25. The Balaban J connectivity index is 1.47. The van der Waals surface area contributed by atoms with Crippen molar-refractivity contribution in [1.29, 1.82) is 0 Å². The second kappa shape index (κ2) is 7.21. The van der Waals surface area contributed by atoms with E-state index >= 15 is 0 Å². The van der Waals surface area contributed by atoms with E-state index in [0.29, 0.717) is 12.3 Å². The van der Waals surface area contributed by atoms with E-state index in [4.69, 9.17) is 4.74 Å². The van der Waals surface area contributed by atoms with Crippen molar-refractivity contribution in [2.75, 3.05) is 20.2 Å². The summed E-state index contributed by atoms with van der Waals surface area (Å²) < 4.78 is 5.13. The van der Waals surface area contributed by atoms with Crippen LogP contribution >= 0.6 is 0 Å². The minimum absolute atomic E-state index is 0.188. The molecule has 3 rings (SSSR count). The van der Waals surface area contributed by atoms with Gasteiger partial charge in [0.15, 0.2) is 5.82 Å². The quantitative estimate of drug-likeness (QED) is 0.897. The van der Waals surface area contributed by atoms with Crippen LogP contribution in [0.15, 0.2) is 24.3 Å². The number of aromatic nitrogens is 4. The molecule has 1 aromatic carbocycles. The molecule has 0 bridgehead atoms. The van der Waals surface area contributed by atoms with Crippen molar-refractivity contribution in [2.45, 2.75) is 25.7 Å². The molecule has 0 saturated carbocycles. The highest BCUT2D eigenvalue weighted by Gasteiger charge is 2.23. The molecule has 2 aromatic rings. The first-order valence-corrected chi connectivity index (χ1v) is 7.87. The summed E-state index contributed by atoms with van der Waals surface area (Å²) >= 11 is 0. The predicted molar refractivity (Wildman–Crippen MR) is 83.9 cm³/mol. The van der Waals surface area contributed by atoms with Gasteiger partial charge in [0.25, 0.3) is 0 Å². The number of likely N-dealkylation sites (tertiary alicyclic amines) is 1. The molecule has 0 aliphatic carbocycles. The molecule has 0 spiro atoms. The molecular weight excluding hydrogens is 294 g/mol. The van der Waals surface area contributed by atoms with Crippen LogP contribution in [0, 0.1) is 5.92 Å².